The van der Waals surface area contributed by atoms with Gasteiger partial charge in [0.25, 0.3) is 0 Å². The lowest BCUT2D eigenvalue weighted by Crippen LogP contribution is -2.23. The molecule has 0 unspecified atom stereocenters. The van der Waals surface area contributed by atoms with E-state index in [2.05, 4.69) is 170 Å². The zero-order chi connectivity index (χ0) is 29.8. The second-order valence-corrected chi connectivity index (χ2v) is 14.6. The largest absolute Gasteiger partial charge is 0.287 e. The van der Waals surface area contributed by atoms with Crippen LogP contribution in [0, 0.1) is 0 Å². The highest BCUT2D eigenvalue weighted by molar-refractivity contribution is 7.80. The Hall–Kier alpha value is -4.48. The molecular weight excluding hydrogens is 570 g/mol. The first-order chi connectivity index (χ1) is 21.9. The average molecular weight is 605 g/mol. The minimum atomic E-state index is -0.679. The monoisotopic (exact) mass is 604 g/mol. The highest BCUT2D eigenvalue weighted by Gasteiger charge is 2.20. The summed E-state index contributed by atoms with van der Waals surface area (Å²) in [6, 6.07) is 60.8. The van der Waals surface area contributed by atoms with Crippen molar-refractivity contribution in [2.24, 2.45) is 9.98 Å². The summed E-state index contributed by atoms with van der Waals surface area (Å²) < 4.78 is 0. The van der Waals surface area contributed by atoms with Gasteiger partial charge in [0, 0.05) is 12.4 Å². The molecule has 6 rings (SSSR count). The first-order valence-corrected chi connectivity index (χ1v) is 17.5. The summed E-state index contributed by atoms with van der Waals surface area (Å²) in [5, 5.41) is 8.07. The topological polar surface area (TPSA) is 24.7 Å². The molecule has 4 heteroatoms. The van der Waals surface area contributed by atoms with Gasteiger partial charge in [0.15, 0.2) is 0 Å². The third-order valence-electron chi connectivity index (χ3n) is 7.32. The van der Waals surface area contributed by atoms with Crippen LogP contribution in [-0.2, 0) is 13.1 Å². The molecule has 2 nitrogen and oxygen atoms in total. The van der Waals surface area contributed by atoms with E-state index in [1.165, 1.54) is 43.0 Å². The predicted octanol–water partition coefficient (Wildman–Crippen LogP) is 7.04. The Kier molecular flexibility index (Phi) is 10.3. The first-order valence-electron chi connectivity index (χ1n) is 14.8. The van der Waals surface area contributed by atoms with E-state index in [0.29, 0.717) is 13.1 Å². The fourth-order valence-corrected chi connectivity index (χ4v) is 10.2. The minimum Gasteiger partial charge on any atom is -0.287 e. The number of aliphatic imine (C=N–C) groups is 2. The Bertz CT molecular complexity index is 1590. The van der Waals surface area contributed by atoms with Crippen LogP contribution in [0.25, 0.3) is 0 Å². The van der Waals surface area contributed by atoms with Crippen LogP contribution in [0.5, 0.6) is 0 Å². The molecule has 0 amide bonds. The quantitative estimate of drug-likeness (QED) is 0.112. The van der Waals surface area contributed by atoms with Crippen molar-refractivity contribution in [3.8, 4) is 0 Å². The van der Waals surface area contributed by atoms with E-state index in [4.69, 9.17) is 9.98 Å². The molecule has 0 N–H and O–H groups in total. The summed E-state index contributed by atoms with van der Waals surface area (Å²) in [5.41, 5.74) is 2.50. The summed E-state index contributed by atoms with van der Waals surface area (Å²) in [4.78, 5) is 9.59. The number of rotatable bonds is 11. The van der Waals surface area contributed by atoms with Crippen LogP contribution in [0.1, 0.15) is 11.1 Å². The molecule has 0 aliphatic heterocycles. The van der Waals surface area contributed by atoms with Crippen LogP contribution >= 0.6 is 15.8 Å². The van der Waals surface area contributed by atoms with Crippen LogP contribution in [-0.4, -0.2) is 12.4 Å². The molecule has 0 heterocycles. The third-order valence-corrected chi connectivity index (χ3v) is 12.4. The van der Waals surface area contributed by atoms with Gasteiger partial charge in [-0.3, -0.25) is 9.98 Å². The van der Waals surface area contributed by atoms with E-state index in [1.54, 1.807) is 0 Å². The van der Waals surface area contributed by atoms with Crippen molar-refractivity contribution in [2.75, 3.05) is 0 Å². The fourth-order valence-electron chi connectivity index (χ4n) is 5.28. The maximum absolute atomic E-state index is 4.80. The summed E-state index contributed by atoms with van der Waals surface area (Å²) in [7, 11) is -1.36. The summed E-state index contributed by atoms with van der Waals surface area (Å²) in [5.74, 6) is 0. The molecule has 6 aromatic rings. The number of hydrogen-bond acceptors (Lipinski definition) is 2. The molecule has 0 aliphatic carbocycles. The summed E-state index contributed by atoms with van der Waals surface area (Å²) >= 11 is 0. The highest BCUT2D eigenvalue weighted by atomic mass is 31.1. The van der Waals surface area contributed by atoms with Crippen molar-refractivity contribution in [1.82, 2.24) is 0 Å². The Morgan fingerprint density at radius 2 is 0.614 bits per heavy atom. The molecule has 0 spiro atoms. The Morgan fingerprint density at radius 3 is 0.932 bits per heavy atom. The van der Waals surface area contributed by atoms with Gasteiger partial charge in [-0.15, -0.1) is 0 Å². The molecular formula is C40H34N2P2. The fraction of sp³-hybridized carbons (Fsp3) is 0.0500. The van der Waals surface area contributed by atoms with E-state index in [-0.39, 0.29) is 0 Å². The lowest BCUT2D eigenvalue weighted by Gasteiger charge is -2.21. The zero-order valence-electron chi connectivity index (χ0n) is 24.5. The molecule has 6 aromatic carbocycles. The average Bonchev–Trinajstić information content (AvgIpc) is 3.10. The smallest absolute Gasteiger partial charge is 0.0646 e. The molecule has 0 fully saturated rings. The van der Waals surface area contributed by atoms with Crippen LogP contribution < -0.4 is 31.8 Å². The Morgan fingerprint density at radius 1 is 0.341 bits per heavy atom. The first kappa shape index (κ1) is 29.6. The van der Waals surface area contributed by atoms with Gasteiger partial charge in [-0.05, 0) is 58.8 Å². The van der Waals surface area contributed by atoms with E-state index in [9.17, 15) is 0 Å². The van der Waals surface area contributed by atoms with Gasteiger partial charge in [0.05, 0.1) is 13.1 Å². The Balaban J connectivity index is 1.20. The van der Waals surface area contributed by atoms with Gasteiger partial charge in [-0.1, -0.05) is 170 Å². The highest BCUT2D eigenvalue weighted by Crippen LogP contribution is 2.35. The molecule has 0 aliphatic rings. The minimum absolute atomic E-state index is 0.616. The number of hydrogen-bond donors (Lipinski definition) is 0. The maximum atomic E-state index is 4.80. The molecule has 214 valence electrons. The van der Waals surface area contributed by atoms with Crippen LogP contribution in [0.3, 0.4) is 0 Å². The lowest BCUT2D eigenvalue weighted by atomic mass is 10.2. The van der Waals surface area contributed by atoms with Gasteiger partial charge in [-0.25, -0.2) is 0 Å². The molecule has 0 saturated heterocycles. The van der Waals surface area contributed by atoms with Crippen molar-refractivity contribution < 1.29 is 0 Å². The van der Waals surface area contributed by atoms with E-state index < -0.39 is 15.8 Å². The van der Waals surface area contributed by atoms with Crippen molar-refractivity contribution in [3.63, 3.8) is 0 Å². The SMILES string of the molecule is C(C=NCc1ccccc1P(c1ccccc1)c1ccccc1)=NCc1ccccc1P(c1ccccc1)c1ccccc1. The van der Waals surface area contributed by atoms with E-state index in [1.807, 2.05) is 12.4 Å². The van der Waals surface area contributed by atoms with E-state index >= 15 is 0 Å². The van der Waals surface area contributed by atoms with Crippen molar-refractivity contribution in [1.29, 1.82) is 0 Å². The van der Waals surface area contributed by atoms with Crippen molar-refractivity contribution >= 4 is 60.1 Å². The molecule has 0 atom stereocenters. The molecule has 0 radical (unpaired) electrons. The molecule has 0 aromatic heterocycles. The molecule has 0 bridgehead atoms. The normalized spacial score (nSPS) is 11.6. The maximum Gasteiger partial charge on any atom is 0.0646 e. The Labute approximate surface area is 263 Å². The molecule has 44 heavy (non-hydrogen) atoms. The van der Waals surface area contributed by atoms with Gasteiger partial charge in [-0.2, -0.15) is 0 Å². The zero-order valence-corrected chi connectivity index (χ0v) is 26.3. The van der Waals surface area contributed by atoms with Crippen LogP contribution in [0.15, 0.2) is 180 Å². The third kappa shape index (κ3) is 7.35. The number of nitrogens with zero attached hydrogens (tertiary/aromatic N) is 2. The van der Waals surface area contributed by atoms with E-state index in [0.717, 1.165) is 0 Å². The van der Waals surface area contributed by atoms with Crippen molar-refractivity contribution in [3.05, 3.63) is 181 Å². The second-order valence-electron chi connectivity index (χ2n) is 10.2. The summed E-state index contributed by atoms with van der Waals surface area (Å²) in [6.45, 7) is 1.23. The van der Waals surface area contributed by atoms with Gasteiger partial charge >= 0.3 is 0 Å². The summed E-state index contributed by atoms with van der Waals surface area (Å²) in [6.07, 6.45) is 3.70. The van der Waals surface area contributed by atoms with Crippen LogP contribution in [0.2, 0.25) is 0 Å². The van der Waals surface area contributed by atoms with Crippen molar-refractivity contribution in [2.45, 2.75) is 13.1 Å². The van der Waals surface area contributed by atoms with Gasteiger partial charge in [0.1, 0.15) is 0 Å². The lowest BCUT2D eigenvalue weighted by molar-refractivity contribution is 1.08. The molecule has 0 saturated carbocycles. The predicted molar refractivity (Wildman–Crippen MR) is 195 cm³/mol. The van der Waals surface area contributed by atoms with Gasteiger partial charge in [0.2, 0.25) is 0 Å². The number of benzene rings is 6. The standard InChI is InChI=1S/C40H34N2P2/c1-5-19-35(20-6-1)43(36-21-7-2-8-22-36)39-27-15-13-17-33(39)31-41-29-30-42-32-34-18-14-16-28-40(34)44(37-23-9-3-10-24-37)38-25-11-4-12-26-38/h1-30H,31-32H2. The van der Waals surface area contributed by atoms with Crippen LogP contribution in [0.4, 0.5) is 0 Å². The second kappa shape index (κ2) is 15.3. The van der Waals surface area contributed by atoms with Gasteiger partial charge < -0.3 is 0 Å².